The van der Waals surface area contributed by atoms with Crippen LogP contribution < -0.4 is 16.4 Å². The van der Waals surface area contributed by atoms with E-state index in [-0.39, 0.29) is 23.0 Å². The van der Waals surface area contributed by atoms with Gasteiger partial charge in [0.2, 0.25) is 0 Å². The van der Waals surface area contributed by atoms with E-state index in [4.69, 9.17) is 11.5 Å². The van der Waals surface area contributed by atoms with E-state index >= 15 is 0 Å². The molecule has 21 heavy (non-hydrogen) atoms. The van der Waals surface area contributed by atoms with E-state index in [1.54, 1.807) is 0 Å². The third-order valence-electron chi connectivity index (χ3n) is 3.31. The normalized spacial score (nSPS) is 11.2. The van der Waals surface area contributed by atoms with Gasteiger partial charge in [0.05, 0.1) is 16.1 Å². The van der Waals surface area contributed by atoms with Crippen molar-refractivity contribution in [3.05, 3.63) is 10.4 Å². The average molecular weight is 311 g/mol. The zero-order valence-electron chi connectivity index (χ0n) is 13.4. The molecule has 0 radical (unpaired) electrons. The molecule has 0 aromatic carbocycles. The lowest BCUT2D eigenvalue weighted by molar-refractivity contribution is 0.0944. The molecular formula is C15H25N3O2S. The summed E-state index contributed by atoms with van der Waals surface area (Å²) in [5, 5.41) is 0.685. The summed E-state index contributed by atoms with van der Waals surface area (Å²) in [6, 6.07) is 0. The van der Waals surface area contributed by atoms with Gasteiger partial charge in [0.1, 0.15) is 5.00 Å². The summed E-state index contributed by atoms with van der Waals surface area (Å²) in [6.45, 7) is 8.69. The van der Waals surface area contributed by atoms with Gasteiger partial charge >= 0.3 is 0 Å². The molecule has 6 heteroatoms. The third kappa shape index (κ3) is 3.97. The van der Waals surface area contributed by atoms with Crippen LogP contribution in [0.4, 0.5) is 10.7 Å². The van der Waals surface area contributed by atoms with Gasteiger partial charge in [-0.05, 0) is 12.3 Å². The van der Waals surface area contributed by atoms with Gasteiger partial charge in [-0.3, -0.25) is 9.59 Å². The fourth-order valence-electron chi connectivity index (χ4n) is 1.94. The van der Waals surface area contributed by atoms with Crippen molar-refractivity contribution in [2.24, 2.45) is 17.6 Å². The summed E-state index contributed by atoms with van der Waals surface area (Å²) in [6.07, 6.45) is 0.986. The Hall–Kier alpha value is -1.56. The van der Waals surface area contributed by atoms with Gasteiger partial charge < -0.3 is 16.4 Å². The molecule has 0 spiro atoms. The Bertz CT molecular complexity index is 535. The Kier molecular flexibility index (Phi) is 5.78. The first-order chi connectivity index (χ1) is 9.66. The third-order valence-corrected chi connectivity index (χ3v) is 4.64. The predicted octanol–water partition coefficient (Wildman–Crippen LogP) is 2.75. The zero-order chi connectivity index (χ0) is 16.3. The number of nitrogens with two attached hydrogens (primary N) is 2. The summed E-state index contributed by atoms with van der Waals surface area (Å²) < 4.78 is 0. The van der Waals surface area contributed by atoms with Crippen molar-refractivity contribution in [1.82, 2.24) is 0 Å². The molecule has 0 aliphatic rings. The summed E-state index contributed by atoms with van der Waals surface area (Å²) in [5.74, 6) is -0.250. The number of Topliss-reactive ketones (excluding diaryl/α,β-unsaturated/α-hetero) is 1. The van der Waals surface area contributed by atoms with Crippen LogP contribution in [-0.2, 0) is 0 Å². The summed E-state index contributed by atoms with van der Waals surface area (Å²) >= 11 is 1.26. The molecule has 0 aliphatic carbocycles. The van der Waals surface area contributed by atoms with Crippen molar-refractivity contribution in [3.8, 4) is 0 Å². The minimum atomic E-state index is -0.585. The van der Waals surface area contributed by atoms with Crippen LogP contribution in [0.25, 0.3) is 0 Å². The van der Waals surface area contributed by atoms with Crippen molar-refractivity contribution >= 4 is 33.7 Å². The second-order valence-electron chi connectivity index (χ2n) is 6.01. The van der Waals surface area contributed by atoms with Crippen molar-refractivity contribution in [3.63, 3.8) is 0 Å². The number of ketones is 1. The molecule has 4 N–H and O–H groups in total. The maximum atomic E-state index is 12.2. The van der Waals surface area contributed by atoms with Crippen molar-refractivity contribution in [2.75, 3.05) is 24.2 Å². The number of hydrogen-bond acceptors (Lipinski definition) is 5. The Balaban J connectivity index is 3.22. The smallest absolute Gasteiger partial charge is 0.253 e. The minimum Gasteiger partial charge on any atom is -0.397 e. The molecule has 1 rings (SSSR count). The van der Waals surface area contributed by atoms with Gasteiger partial charge in [-0.1, -0.05) is 27.7 Å². The average Bonchev–Trinajstić information content (AvgIpc) is 2.72. The Morgan fingerprint density at radius 1 is 1.24 bits per heavy atom. The lowest BCUT2D eigenvalue weighted by atomic mass is 10.1. The quantitative estimate of drug-likeness (QED) is 0.758. The van der Waals surface area contributed by atoms with Gasteiger partial charge in [-0.15, -0.1) is 11.3 Å². The fourth-order valence-corrected chi connectivity index (χ4v) is 3.24. The molecule has 0 aliphatic heterocycles. The molecular weight excluding hydrogens is 286 g/mol. The van der Waals surface area contributed by atoms with Crippen LogP contribution in [-0.4, -0.2) is 25.3 Å². The number of thiophene rings is 1. The molecule has 0 bridgehead atoms. The van der Waals surface area contributed by atoms with Crippen LogP contribution in [0.15, 0.2) is 0 Å². The number of primary amides is 1. The van der Waals surface area contributed by atoms with E-state index in [0.29, 0.717) is 15.8 Å². The van der Waals surface area contributed by atoms with Crippen molar-refractivity contribution < 1.29 is 9.59 Å². The second kappa shape index (κ2) is 6.93. The number of nitrogen functional groups attached to an aromatic ring is 1. The van der Waals surface area contributed by atoms with E-state index in [2.05, 4.69) is 13.8 Å². The van der Waals surface area contributed by atoms with Crippen LogP contribution in [0.3, 0.4) is 0 Å². The van der Waals surface area contributed by atoms with E-state index in [1.807, 2.05) is 25.8 Å². The summed E-state index contributed by atoms with van der Waals surface area (Å²) in [4.78, 5) is 26.3. The molecule has 0 fully saturated rings. The largest absolute Gasteiger partial charge is 0.397 e. The number of carbonyl (C=O) groups excluding carboxylic acids is 2. The van der Waals surface area contributed by atoms with Crippen LogP contribution in [0.1, 0.15) is 54.1 Å². The molecule has 118 valence electrons. The molecule has 1 aromatic heterocycles. The molecule has 0 unspecified atom stereocenters. The number of anilines is 2. The highest BCUT2D eigenvalue weighted by atomic mass is 32.1. The first kappa shape index (κ1) is 17.5. The van der Waals surface area contributed by atoms with E-state index in [9.17, 15) is 9.59 Å². The molecule has 0 atom stereocenters. The van der Waals surface area contributed by atoms with Gasteiger partial charge in [-0.25, -0.2) is 0 Å². The highest BCUT2D eigenvalue weighted by Gasteiger charge is 2.27. The number of amides is 1. The zero-order valence-corrected chi connectivity index (χ0v) is 14.2. The highest BCUT2D eigenvalue weighted by Crippen LogP contribution is 2.39. The van der Waals surface area contributed by atoms with Crippen LogP contribution in [0, 0.1) is 11.8 Å². The Labute approximate surface area is 130 Å². The monoisotopic (exact) mass is 311 g/mol. The highest BCUT2D eigenvalue weighted by molar-refractivity contribution is 7.19. The lowest BCUT2D eigenvalue weighted by Crippen LogP contribution is -2.23. The number of carbonyl (C=O) groups is 2. The number of nitrogens with zero attached hydrogens (tertiary/aromatic N) is 1. The van der Waals surface area contributed by atoms with Crippen molar-refractivity contribution in [1.29, 1.82) is 0 Å². The van der Waals surface area contributed by atoms with E-state index in [0.717, 1.165) is 13.0 Å². The maximum absolute atomic E-state index is 12.2. The molecule has 1 aromatic rings. The van der Waals surface area contributed by atoms with E-state index in [1.165, 1.54) is 11.3 Å². The van der Waals surface area contributed by atoms with Gasteiger partial charge in [0.25, 0.3) is 5.91 Å². The lowest BCUT2D eigenvalue weighted by Gasteiger charge is -2.19. The fraction of sp³-hybridized carbons (Fsp3) is 0.600. The maximum Gasteiger partial charge on any atom is 0.253 e. The van der Waals surface area contributed by atoms with Gasteiger partial charge in [0.15, 0.2) is 5.78 Å². The van der Waals surface area contributed by atoms with Gasteiger partial charge in [0, 0.05) is 19.5 Å². The van der Waals surface area contributed by atoms with Crippen LogP contribution in [0.2, 0.25) is 0 Å². The molecule has 5 nitrogen and oxygen atoms in total. The first-order valence-corrected chi connectivity index (χ1v) is 7.95. The summed E-state index contributed by atoms with van der Waals surface area (Å²) in [5.41, 5.74) is 11.9. The van der Waals surface area contributed by atoms with Crippen LogP contribution >= 0.6 is 11.3 Å². The number of hydrogen-bond donors (Lipinski definition) is 2. The van der Waals surface area contributed by atoms with Crippen molar-refractivity contribution in [2.45, 2.75) is 34.1 Å². The molecule has 1 heterocycles. The van der Waals surface area contributed by atoms with E-state index < -0.39 is 5.91 Å². The topological polar surface area (TPSA) is 89.4 Å². The Morgan fingerprint density at radius 2 is 1.81 bits per heavy atom. The summed E-state index contributed by atoms with van der Waals surface area (Å²) in [7, 11) is 1.89. The van der Waals surface area contributed by atoms with Gasteiger partial charge in [-0.2, -0.15) is 0 Å². The predicted molar refractivity (Wildman–Crippen MR) is 89.1 cm³/mol. The molecule has 0 saturated carbocycles. The Morgan fingerprint density at radius 3 is 2.24 bits per heavy atom. The minimum absolute atomic E-state index is 0.0523. The number of rotatable bonds is 7. The van der Waals surface area contributed by atoms with Crippen LogP contribution in [0.5, 0.6) is 0 Å². The second-order valence-corrected chi connectivity index (χ2v) is 7.01. The SMILES string of the molecule is CC(C)CCN(C)c1sc(C(=O)C(C)C)c(N)c1C(N)=O. The first-order valence-electron chi connectivity index (χ1n) is 7.14. The molecule has 0 saturated heterocycles. The standard InChI is InChI=1S/C15H25N3O2S/c1-8(2)6-7-18(5)15-10(14(17)20)11(16)13(21-15)12(19)9(3)4/h8-9H,6-7,16H2,1-5H3,(H2,17,20). The molecule has 1 amide bonds.